The third kappa shape index (κ3) is 7.88. The second kappa shape index (κ2) is 11.7. The molecule has 0 radical (unpaired) electrons. The van der Waals surface area contributed by atoms with Crippen molar-refractivity contribution in [3.63, 3.8) is 0 Å². The van der Waals surface area contributed by atoms with Crippen LogP contribution in [-0.4, -0.2) is 36.1 Å². The third-order valence-corrected chi connectivity index (χ3v) is 6.24. The first-order chi connectivity index (χ1) is 16.2. The van der Waals surface area contributed by atoms with E-state index in [2.05, 4.69) is 16.6 Å². The molecule has 0 saturated carbocycles. The summed E-state index contributed by atoms with van der Waals surface area (Å²) in [5.74, 6) is -0.508. The SMILES string of the molecule is CCc1ccc(CN(Cc2cccnc2)C(=O)CS(=O)(=O)Nc2ccc(OC(C)C)cc2)cc1. The minimum absolute atomic E-state index is 0.0177. The Hall–Kier alpha value is -3.39. The van der Waals surface area contributed by atoms with E-state index >= 15 is 0 Å². The van der Waals surface area contributed by atoms with Gasteiger partial charge in [-0.2, -0.15) is 0 Å². The molecule has 0 saturated heterocycles. The van der Waals surface area contributed by atoms with Crippen molar-refractivity contribution in [2.75, 3.05) is 10.5 Å². The van der Waals surface area contributed by atoms with Gasteiger partial charge in [0.05, 0.1) is 6.10 Å². The maximum atomic E-state index is 13.1. The fraction of sp³-hybridized carbons (Fsp3) is 0.308. The maximum Gasteiger partial charge on any atom is 0.241 e. The molecule has 0 atom stereocenters. The van der Waals surface area contributed by atoms with Crippen LogP contribution in [0.2, 0.25) is 0 Å². The van der Waals surface area contributed by atoms with Crippen LogP contribution in [0.15, 0.2) is 73.1 Å². The van der Waals surface area contributed by atoms with Gasteiger partial charge < -0.3 is 9.64 Å². The molecule has 1 amide bonds. The summed E-state index contributed by atoms with van der Waals surface area (Å²) in [6, 6.07) is 18.2. The highest BCUT2D eigenvalue weighted by molar-refractivity contribution is 7.93. The Morgan fingerprint density at radius 3 is 2.21 bits per heavy atom. The number of nitrogens with one attached hydrogen (secondary N) is 1. The first-order valence-corrected chi connectivity index (χ1v) is 12.9. The van der Waals surface area contributed by atoms with Gasteiger partial charge in [0.25, 0.3) is 0 Å². The Bertz CT molecular complexity index is 1160. The van der Waals surface area contributed by atoms with E-state index in [1.165, 1.54) is 10.5 Å². The molecular weight excluding hydrogens is 450 g/mol. The number of nitrogens with zero attached hydrogens (tertiary/aromatic N) is 2. The molecule has 1 heterocycles. The first-order valence-electron chi connectivity index (χ1n) is 11.3. The quantitative estimate of drug-likeness (QED) is 0.438. The van der Waals surface area contributed by atoms with Crippen molar-refractivity contribution in [3.05, 3.63) is 89.7 Å². The van der Waals surface area contributed by atoms with Crippen LogP contribution in [-0.2, 0) is 34.3 Å². The van der Waals surface area contributed by atoms with E-state index in [-0.39, 0.29) is 12.6 Å². The molecule has 1 N–H and O–H groups in total. The van der Waals surface area contributed by atoms with Crippen LogP contribution in [0.5, 0.6) is 5.75 Å². The van der Waals surface area contributed by atoms with Gasteiger partial charge in [-0.25, -0.2) is 8.42 Å². The predicted molar refractivity (Wildman–Crippen MR) is 134 cm³/mol. The normalized spacial score (nSPS) is 11.3. The highest BCUT2D eigenvalue weighted by atomic mass is 32.2. The number of aryl methyl sites for hydroxylation is 1. The molecule has 0 bridgehead atoms. The number of pyridine rings is 1. The summed E-state index contributed by atoms with van der Waals surface area (Å²) in [6.07, 6.45) is 4.27. The number of aromatic nitrogens is 1. The molecule has 0 unspecified atom stereocenters. The average molecular weight is 482 g/mol. The van der Waals surface area contributed by atoms with Crippen LogP contribution in [0.1, 0.15) is 37.5 Å². The van der Waals surface area contributed by atoms with E-state index in [0.717, 1.165) is 17.5 Å². The van der Waals surface area contributed by atoms with Gasteiger partial charge in [0, 0.05) is 31.2 Å². The summed E-state index contributed by atoms with van der Waals surface area (Å²) >= 11 is 0. The molecule has 0 fully saturated rings. The Morgan fingerprint density at radius 1 is 0.971 bits per heavy atom. The molecule has 1 aromatic heterocycles. The largest absolute Gasteiger partial charge is 0.491 e. The highest BCUT2D eigenvalue weighted by Gasteiger charge is 2.23. The lowest BCUT2D eigenvalue weighted by Gasteiger charge is -2.23. The number of sulfonamides is 1. The van der Waals surface area contributed by atoms with Gasteiger partial charge in [0.2, 0.25) is 15.9 Å². The third-order valence-electron chi connectivity index (χ3n) is 5.07. The van der Waals surface area contributed by atoms with Gasteiger partial charge in [-0.05, 0) is 67.3 Å². The fourth-order valence-corrected chi connectivity index (χ4v) is 4.46. The summed E-state index contributed by atoms with van der Waals surface area (Å²) < 4.78 is 33.6. The molecule has 0 aliphatic rings. The molecular formula is C26H31N3O4S. The summed E-state index contributed by atoms with van der Waals surface area (Å²) in [6.45, 7) is 6.47. The first kappa shape index (κ1) is 25.2. The number of anilines is 1. The van der Waals surface area contributed by atoms with Crippen molar-refractivity contribution in [2.45, 2.75) is 46.4 Å². The van der Waals surface area contributed by atoms with E-state index in [4.69, 9.17) is 4.74 Å². The highest BCUT2D eigenvalue weighted by Crippen LogP contribution is 2.18. The minimum atomic E-state index is -3.91. The predicted octanol–water partition coefficient (Wildman–Crippen LogP) is 4.40. The Balaban J connectivity index is 1.72. The maximum absolute atomic E-state index is 13.1. The lowest BCUT2D eigenvalue weighted by atomic mass is 10.1. The number of hydrogen-bond acceptors (Lipinski definition) is 5. The van der Waals surface area contributed by atoms with Crippen LogP contribution in [0.3, 0.4) is 0 Å². The molecule has 8 heteroatoms. The van der Waals surface area contributed by atoms with Gasteiger partial charge in [-0.15, -0.1) is 0 Å². The van der Waals surface area contributed by atoms with Crippen molar-refractivity contribution in [1.29, 1.82) is 0 Å². The van der Waals surface area contributed by atoms with Gasteiger partial charge >= 0.3 is 0 Å². The van der Waals surface area contributed by atoms with Crippen LogP contribution < -0.4 is 9.46 Å². The molecule has 7 nitrogen and oxygen atoms in total. The minimum Gasteiger partial charge on any atom is -0.491 e. The zero-order valence-electron chi connectivity index (χ0n) is 19.8. The van der Waals surface area contributed by atoms with Crippen molar-refractivity contribution in [2.24, 2.45) is 0 Å². The number of amides is 1. The second-order valence-corrected chi connectivity index (χ2v) is 10.1. The van der Waals surface area contributed by atoms with Gasteiger partial charge in [0.1, 0.15) is 11.5 Å². The van der Waals surface area contributed by atoms with Crippen LogP contribution >= 0.6 is 0 Å². The van der Waals surface area contributed by atoms with Gasteiger partial charge in [-0.1, -0.05) is 37.3 Å². The summed E-state index contributed by atoms with van der Waals surface area (Å²) in [4.78, 5) is 18.8. The molecule has 34 heavy (non-hydrogen) atoms. The number of hydrogen-bond donors (Lipinski definition) is 1. The molecule has 2 aromatic carbocycles. The van der Waals surface area contributed by atoms with E-state index in [1.54, 1.807) is 42.7 Å². The number of carbonyl (C=O) groups is 1. The lowest BCUT2D eigenvalue weighted by Crippen LogP contribution is -2.36. The van der Waals surface area contributed by atoms with E-state index in [0.29, 0.717) is 18.0 Å². The van der Waals surface area contributed by atoms with Crippen LogP contribution in [0.4, 0.5) is 5.69 Å². The average Bonchev–Trinajstić information content (AvgIpc) is 2.80. The Morgan fingerprint density at radius 2 is 1.62 bits per heavy atom. The van der Waals surface area contributed by atoms with E-state index in [9.17, 15) is 13.2 Å². The smallest absolute Gasteiger partial charge is 0.241 e. The van der Waals surface area contributed by atoms with Crippen LogP contribution in [0, 0.1) is 0 Å². The molecule has 0 spiro atoms. The van der Waals surface area contributed by atoms with Crippen molar-refractivity contribution in [3.8, 4) is 5.75 Å². The number of ether oxygens (including phenoxy) is 1. The fourth-order valence-electron chi connectivity index (χ4n) is 3.39. The van der Waals surface area contributed by atoms with Crippen molar-refractivity contribution >= 4 is 21.6 Å². The molecule has 0 aliphatic heterocycles. The van der Waals surface area contributed by atoms with E-state index < -0.39 is 21.7 Å². The topological polar surface area (TPSA) is 88.6 Å². The van der Waals surface area contributed by atoms with Crippen molar-refractivity contribution < 1.29 is 17.9 Å². The number of rotatable bonds is 11. The summed E-state index contributed by atoms with van der Waals surface area (Å²) in [5, 5.41) is 0. The molecule has 0 aliphatic carbocycles. The lowest BCUT2D eigenvalue weighted by molar-refractivity contribution is -0.129. The monoisotopic (exact) mass is 481 g/mol. The van der Waals surface area contributed by atoms with Crippen LogP contribution in [0.25, 0.3) is 0 Å². The van der Waals surface area contributed by atoms with Crippen molar-refractivity contribution in [1.82, 2.24) is 9.88 Å². The summed E-state index contributed by atoms with van der Waals surface area (Å²) in [5.41, 5.74) is 3.33. The zero-order valence-corrected chi connectivity index (χ0v) is 20.6. The standard InChI is InChI=1S/C26H31N3O4S/c1-4-21-7-9-22(10-8-21)17-29(18-23-6-5-15-27-16-23)26(30)19-34(31,32)28-24-11-13-25(14-12-24)33-20(2)3/h5-16,20,28H,4,17-19H2,1-3H3. The molecule has 180 valence electrons. The molecule has 3 aromatic rings. The molecule has 3 rings (SSSR count). The van der Waals surface area contributed by atoms with Gasteiger partial charge in [-0.3, -0.25) is 14.5 Å². The van der Waals surface area contributed by atoms with Gasteiger partial charge in [0.15, 0.2) is 0 Å². The summed E-state index contributed by atoms with van der Waals surface area (Å²) in [7, 11) is -3.91. The second-order valence-electron chi connectivity index (χ2n) is 8.33. The zero-order chi connectivity index (χ0) is 24.6. The number of carbonyl (C=O) groups excluding carboxylic acids is 1. The Kier molecular flexibility index (Phi) is 8.65. The Labute approximate surface area is 201 Å². The van der Waals surface area contributed by atoms with E-state index in [1.807, 2.05) is 44.2 Å². The number of benzene rings is 2.